The molecule has 108 valence electrons. The minimum atomic E-state index is -1.81. The van der Waals surface area contributed by atoms with Crippen LogP contribution < -0.4 is 5.73 Å². The van der Waals surface area contributed by atoms with Crippen molar-refractivity contribution >= 4 is 16.8 Å². The Balaban J connectivity index is 1.99. The van der Waals surface area contributed by atoms with Gasteiger partial charge in [-0.15, -0.1) is 0 Å². The zero-order valence-electron chi connectivity index (χ0n) is 10.9. The second-order valence-electron chi connectivity index (χ2n) is 4.94. The number of aliphatic carboxylic acids is 1. The number of fused-ring (bicyclic) bond motifs is 2. The van der Waals surface area contributed by atoms with E-state index in [1.807, 2.05) is 18.2 Å². The quantitative estimate of drug-likeness (QED) is 0.669. The summed E-state index contributed by atoms with van der Waals surface area (Å²) in [5.74, 6) is -1.29. The van der Waals surface area contributed by atoms with E-state index in [4.69, 9.17) is 10.8 Å². The Morgan fingerprint density at radius 2 is 1.86 bits per heavy atom. The maximum atomic E-state index is 11.8. The minimum absolute atomic E-state index is 0.317. The van der Waals surface area contributed by atoms with Gasteiger partial charge in [-0.1, -0.05) is 30.3 Å². The van der Waals surface area contributed by atoms with Gasteiger partial charge in [-0.05, 0) is 28.8 Å². The number of benzene rings is 2. The number of aliphatic hydroxyl groups is 1. The van der Waals surface area contributed by atoms with Crippen LogP contribution in [0.4, 0.5) is 0 Å². The molecule has 5 nitrogen and oxygen atoms in total. The molecule has 4 N–H and O–H groups in total. The van der Waals surface area contributed by atoms with E-state index in [-0.39, 0.29) is 0 Å². The molecule has 2 unspecified atom stereocenters. The van der Waals surface area contributed by atoms with Gasteiger partial charge in [0.1, 0.15) is 0 Å². The second-order valence-corrected chi connectivity index (χ2v) is 6.39. The van der Waals surface area contributed by atoms with Crippen molar-refractivity contribution in [3.63, 3.8) is 0 Å². The molecule has 2 atom stereocenters. The Labute approximate surface area is 123 Å². The summed E-state index contributed by atoms with van der Waals surface area (Å²) in [5, 5.41) is 18.4. The van der Waals surface area contributed by atoms with Crippen molar-refractivity contribution in [1.82, 2.24) is 0 Å². The van der Waals surface area contributed by atoms with Crippen LogP contribution in [0.25, 0.3) is 11.1 Å². The van der Waals surface area contributed by atoms with Crippen LogP contribution in [0.3, 0.4) is 0 Å². The topological polar surface area (TPSA) is 101 Å². The van der Waals surface area contributed by atoms with Gasteiger partial charge in [0.25, 0.3) is 0 Å². The number of carboxylic acids is 1. The summed E-state index contributed by atoms with van der Waals surface area (Å²) in [6.07, 6.45) is 0. The van der Waals surface area contributed by atoms with E-state index in [1.165, 1.54) is 0 Å². The lowest BCUT2D eigenvalue weighted by Crippen LogP contribution is -2.48. The third kappa shape index (κ3) is 1.99. The van der Waals surface area contributed by atoms with Crippen LogP contribution in [-0.4, -0.2) is 27.0 Å². The van der Waals surface area contributed by atoms with E-state index in [0.29, 0.717) is 5.56 Å². The number of rotatable bonds is 4. The summed E-state index contributed by atoms with van der Waals surface area (Å²) in [6.45, 7) is -0.689. The van der Waals surface area contributed by atoms with Crippen molar-refractivity contribution in [2.75, 3.05) is 6.61 Å². The molecule has 0 saturated carbocycles. The smallest absolute Gasteiger partial charge is 0.330 e. The fourth-order valence-corrected chi connectivity index (χ4v) is 3.41. The molecule has 2 aliphatic rings. The van der Waals surface area contributed by atoms with E-state index in [1.54, 1.807) is 24.3 Å². The van der Waals surface area contributed by atoms with Crippen LogP contribution >= 0.6 is 0 Å². The molecule has 21 heavy (non-hydrogen) atoms. The number of aliphatic hydroxyl groups excluding tert-OH is 1. The number of nitrogens with two attached hydrogens (primary N) is 1. The maximum Gasteiger partial charge on any atom is 0.330 e. The highest BCUT2D eigenvalue weighted by atomic mass is 32.2. The summed E-state index contributed by atoms with van der Waals surface area (Å²) < 4.78 is 11.8. The van der Waals surface area contributed by atoms with Crippen molar-refractivity contribution < 1.29 is 19.2 Å². The van der Waals surface area contributed by atoms with Gasteiger partial charge in [0.15, 0.2) is 5.54 Å². The highest BCUT2D eigenvalue weighted by Gasteiger charge is 2.35. The summed E-state index contributed by atoms with van der Waals surface area (Å²) >= 11 is 0. The normalized spacial score (nSPS) is 18.7. The minimum Gasteiger partial charge on any atom is -0.480 e. The summed E-state index contributed by atoms with van der Waals surface area (Å²) in [5.41, 5.74) is 5.91. The second kappa shape index (κ2) is 4.77. The van der Waals surface area contributed by atoms with Crippen molar-refractivity contribution in [1.29, 1.82) is 0 Å². The predicted molar refractivity (Wildman–Crippen MR) is 77.1 cm³/mol. The highest BCUT2D eigenvalue weighted by Crippen LogP contribution is 2.37. The molecular weight excluding hydrogens is 290 g/mol. The maximum absolute atomic E-state index is 11.8. The molecule has 0 amide bonds. The molecule has 2 bridgehead atoms. The van der Waals surface area contributed by atoms with Crippen molar-refractivity contribution in [2.45, 2.75) is 15.3 Å². The molecule has 0 saturated heterocycles. The lowest BCUT2D eigenvalue weighted by molar-refractivity contribution is -0.145. The molecule has 4 rings (SSSR count). The molecule has 2 aromatic rings. The number of hydrogen-bond donors (Lipinski definition) is 3. The molecule has 6 heteroatoms. The van der Waals surface area contributed by atoms with Gasteiger partial charge >= 0.3 is 5.97 Å². The van der Waals surface area contributed by atoms with E-state index < -0.39 is 28.9 Å². The zero-order chi connectivity index (χ0) is 15.2. The first-order chi connectivity index (χ1) is 9.97. The van der Waals surface area contributed by atoms with Gasteiger partial charge in [0, 0.05) is 4.90 Å². The standard InChI is InChI=1S/C15H13NO4S/c16-15(8-17,14(18)19)10-3-1-9(2-4-10)12-6-5-11-7-13(12)21(11)20/h1-7,17H,8,16H2,(H,18,19). The largest absolute Gasteiger partial charge is 0.480 e. The molecule has 0 radical (unpaired) electrons. The third-order valence-electron chi connectivity index (χ3n) is 3.71. The van der Waals surface area contributed by atoms with Crippen LogP contribution in [0.15, 0.2) is 52.3 Å². The van der Waals surface area contributed by atoms with E-state index in [2.05, 4.69) is 0 Å². The Hall–Kier alpha value is -2.02. The zero-order valence-corrected chi connectivity index (χ0v) is 11.8. The number of carboxylic acid groups (broad SMARTS) is 1. The van der Waals surface area contributed by atoms with Gasteiger partial charge in [-0.3, -0.25) is 0 Å². The molecule has 0 aliphatic carbocycles. The van der Waals surface area contributed by atoms with Gasteiger partial charge in [0.05, 0.1) is 22.3 Å². The third-order valence-corrected chi connectivity index (χ3v) is 5.13. The monoisotopic (exact) mass is 303 g/mol. The fraction of sp³-hybridized carbons (Fsp3) is 0.133. The average Bonchev–Trinajstić information content (AvgIpc) is 2.53. The van der Waals surface area contributed by atoms with E-state index in [0.717, 1.165) is 20.9 Å². The van der Waals surface area contributed by atoms with Crippen LogP contribution in [0, 0.1) is 0 Å². The Morgan fingerprint density at radius 1 is 1.19 bits per heavy atom. The predicted octanol–water partition coefficient (Wildman–Crippen LogP) is 1.06. The number of carbonyl (C=O) groups is 1. The molecule has 0 fully saturated rings. The number of hydrogen-bond acceptors (Lipinski definition) is 4. The van der Waals surface area contributed by atoms with E-state index in [9.17, 15) is 14.1 Å². The molecule has 2 heterocycles. The molecule has 0 aromatic heterocycles. The Morgan fingerprint density at radius 3 is 2.33 bits per heavy atom. The summed E-state index contributed by atoms with van der Waals surface area (Å²) in [4.78, 5) is 12.8. The van der Waals surface area contributed by atoms with Crippen molar-refractivity contribution in [3.05, 3.63) is 48.0 Å². The lowest BCUT2D eigenvalue weighted by atomic mass is 9.90. The van der Waals surface area contributed by atoms with Crippen LogP contribution in [0.5, 0.6) is 0 Å². The van der Waals surface area contributed by atoms with Gasteiger partial charge in [0.2, 0.25) is 0 Å². The highest BCUT2D eigenvalue weighted by molar-refractivity contribution is 7.86. The lowest BCUT2D eigenvalue weighted by Gasteiger charge is -2.23. The van der Waals surface area contributed by atoms with Gasteiger partial charge in [-0.2, -0.15) is 0 Å². The first kappa shape index (κ1) is 13.9. The molecule has 2 aromatic carbocycles. The molecular formula is C15H13NO4S. The van der Waals surface area contributed by atoms with E-state index >= 15 is 0 Å². The summed E-state index contributed by atoms with van der Waals surface area (Å²) in [7, 11) is -1.05. The summed E-state index contributed by atoms with van der Waals surface area (Å²) in [6, 6.07) is 12.2. The van der Waals surface area contributed by atoms with Crippen LogP contribution in [0.1, 0.15) is 5.56 Å². The van der Waals surface area contributed by atoms with Crippen molar-refractivity contribution in [2.24, 2.45) is 5.73 Å². The van der Waals surface area contributed by atoms with Crippen LogP contribution in [0.2, 0.25) is 0 Å². The first-order valence-corrected chi connectivity index (χ1v) is 7.42. The Kier molecular flexibility index (Phi) is 3.16. The van der Waals surface area contributed by atoms with Crippen molar-refractivity contribution in [3.8, 4) is 11.1 Å². The first-order valence-electron chi connectivity index (χ1n) is 6.27. The SMILES string of the molecule is NC(CO)(C(=O)O)c1ccc(-c2ccc3cc2S3=O)cc1. The molecule has 0 spiro atoms. The average molecular weight is 303 g/mol. The fourth-order valence-electron chi connectivity index (χ4n) is 2.31. The van der Waals surface area contributed by atoms with Crippen LogP contribution in [-0.2, 0) is 21.1 Å². The molecule has 2 aliphatic heterocycles. The Bertz CT molecular complexity index is 753. The van der Waals surface area contributed by atoms with Gasteiger partial charge < -0.3 is 15.9 Å². The van der Waals surface area contributed by atoms with Gasteiger partial charge in [-0.25, -0.2) is 9.00 Å².